The number of rotatable bonds is 2. The summed E-state index contributed by atoms with van der Waals surface area (Å²) < 4.78 is 1.76. The maximum absolute atomic E-state index is 5.63. The number of nitrogens with zero attached hydrogens (tertiary/aromatic N) is 3. The predicted octanol–water partition coefficient (Wildman–Crippen LogP) is 2.36. The fourth-order valence-corrected chi connectivity index (χ4v) is 2.73. The van der Waals surface area contributed by atoms with Crippen LogP contribution in [0.3, 0.4) is 0 Å². The number of nitrogen functional groups attached to an aromatic ring is 1. The number of anilines is 2. The molecule has 0 bridgehead atoms. The molecule has 1 aliphatic rings. The van der Waals surface area contributed by atoms with E-state index in [1.54, 1.807) is 4.52 Å². The number of hydrogen-bond acceptors (Lipinski definition) is 4. The number of aromatic nitrogens is 3. The lowest BCUT2D eigenvalue weighted by Gasteiger charge is -2.23. The van der Waals surface area contributed by atoms with Crippen molar-refractivity contribution in [3.63, 3.8) is 0 Å². The molecule has 0 atom stereocenters. The van der Waals surface area contributed by atoms with Gasteiger partial charge in [-0.3, -0.25) is 0 Å². The highest BCUT2D eigenvalue weighted by molar-refractivity contribution is 5.57. The Kier molecular flexibility index (Phi) is 2.81. The molecule has 5 nitrogen and oxygen atoms in total. The Labute approximate surface area is 106 Å². The van der Waals surface area contributed by atoms with E-state index in [0.29, 0.717) is 12.0 Å². The first-order chi connectivity index (χ1) is 8.72. The van der Waals surface area contributed by atoms with Gasteiger partial charge in [0.1, 0.15) is 0 Å². The molecular weight excluding hydrogens is 226 g/mol. The molecule has 0 saturated heterocycles. The lowest BCUT2D eigenvalue weighted by Crippen LogP contribution is -2.22. The summed E-state index contributed by atoms with van der Waals surface area (Å²) >= 11 is 0. The molecule has 0 radical (unpaired) electrons. The van der Waals surface area contributed by atoms with Crippen molar-refractivity contribution in [2.45, 2.75) is 45.1 Å². The fourth-order valence-electron chi connectivity index (χ4n) is 2.73. The van der Waals surface area contributed by atoms with Crippen molar-refractivity contribution in [3.05, 3.63) is 17.8 Å². The molecule has 2 heterocycles. The van der Waals surface area contributed by atoms with E-state index in [2.05, 4.69) is 21.5 Å². The highest BCUT2D eigenvalue weighted by Gasteiger charge is 2.14. The summed E-state index contributed by atoms with van der Waals surface area (Å²) in [6.07, 6.45) is 8.52. The van der Waals surface area contributed by atoms with E-state index < -0.39 is 0 Å². The standard InChI is InChI=1S/C13H19N5/c1-9-7-11(15-10-5-3-2-4-6-10)8-18-12(9)16-13(14)17-18/h7-8,10,15H,2-6H2,1H3,(H2,14,17). The monoisotopic (exact) mass is 245 g/mol. The van der Waals surface area contributed by atoms with Crippen LogP contribution in [0.4, 0.5) is 11.6 Å². The molecule has 2 aromatic heterocycles. The van der Waals surface area contributed by atoms with Gasteiger partial charge in [-0.15, -0.1) is 5.10 Å². The smallest absolute Gasteiger partial charge is 0.240 e. The summed E-state index contributed by atoms with van der Waals surface area (Å²) in [6, 6.07) is 2.72. The van der Waals surface area contributed by atoms with E-state index in [1.807, 2.05) is 13.1 Å². The van der Waals surface area contributed by atoms with Crippen LogP contribution in [0.15, 0.2) is 12.3 Å². The van der Waals surface area contributed by atoms with Gasteiger partial charge in [-0.1, -0.05) is 19.3 Å². The summed E-state index contributed by atoms with van der Waals surface area (Å²) in [5.74, 6) is 0.327. The van der Waals surface area contributed by atoms with Gasteiger partial charge in [0.15, 0.2) is 5.65 Å². The summed E-state index contributed by atoms with van der Waals surface area (Å²) in [5, 5.41) is 7.76. The first-order valence-electron chi connectivity index (χ1n) is 6.61. The average molecular weight is 245 g/mol. The van der Waals surface area contributed by atoms with Crippen molar-refractivity contribution in [1.29, 1.82) is 0 Å². The average Bonchev–Trinajstić information content (AvgIpc) is 2.72. The Morgan fingerprint density at radius 2 is 2.11 bits per heavy atom. The van der Waals surface area contributed by atoms with Crippen LogP contribution in [0, 0.1) is 6.92 Å². The molecule has 0 spiro atoms. The molecule has 2 aromatic rings. The van der Waals surface area contributed by atoms with Gasteiger partial charge in [0.2, 0.25) is 5.95 Å². The van der Waals surface area contributed by atoms with Crippen LogP contribution >= 0.6 is 0 Å². The minimum absolute atomic E-state index is 0.327. The summed E-state index contributed by atoms with van der Waals surface area (Å²) in [6.45, 7) is 2.04. The van der Waals surface area contributed by atoms with E-state index in [0.717, 1.165) is 16.9 Å². The molecule has 5 heteroatoms. The molecule has 3 rings (SSSR count). The normalized spacial score (nSPS) is 17.2. The maximum atomic E-state index is 5.63. The van der Waals surface area contributed by atoms with E-state index in [4.69, 9.17) is 5.73 Å². The Balaban J connectivity index is 1.87. The molecular formula is C13H19N5. The van der Waals surface area contributed by atoms with E-state index >= 15 is 0 Å². The maximum Gasteiger partial charge on any atom is 0.240 e. The number of pyridine rings is 1. The molecule has 0 unspecified atom stereocenters. The van der Waals surface area contributed by atoms with Crippen LogP contribution in [0.5, 0.6) is 0 Å². The SMILES string of the molecule is Cc1cc(NC2CCCCC2)cn2nc(N)nc12. The first kappa shape index (κ1) is 11.3. The molecule has 1 fully saturated rings. The number of nitrogens with two attached hydrogens (primary N) is 1. The lowest BCUT2D eigenvalue weighted by atomic mass is 9.95. The second kappa shape index (κ2) is 4.48. The van der Waals surface area contributed by atoms with Gasteiger partial charge in [-0.25, -0.2) is 4.52 Å². The molecule has 0 amide bonds. The van der Waals surface area contributed by atoms with Gasteiger partial charge in [0, 0.05) is 6.04 Å². The predicted molar refractivity (Wildman–Crippen MR) is 72.6 cm³/mol. The molecule has 96 valence electrons. The van der Waals surface area contributed by atoms with Crippen LogP contribution in [0.25, 0.3) is 5.65 Å². The third-order valence-electron chi connectivity index (χ3n) is 3.61. The third kappa shape index (κ3) is 2.12. The van der Waals surface area contributed by atoms with Crippen molar-refractivity contribution in [3.8, 4) is 0 Å². The second-order valence-corrected chi connectivity index (χ2v) is 5.13. The number of aryl methyl sites for hydroxylation is 1. The minimum atomic E-state index is 0.327. The summed E-state index contributed by atoms with van der Waals surface area (Å²) in [7, 11) is 0. The van der Waals surface area contributed by atoms with Gasteiger partial charge >= 0.3 is 0 Å². The first-order valence-corrected chi connectivity index (χ1v) is 6.61. The van der Waals surface area contributed by atoms with Crippen LogP contribution in [0.2, 0.25) is 0 Å². The van der Waals surface area contributed by atoms with E-state index in [-0.39, 0.29) is 0 Å². The van der Waals surface area contributed by atoms with Gasteiger partial charge < -0.3 is 11.1 Å². The van der Waals surface area contributed by atoms with E-state index in [1.165, 1.54) is 32.1 Å². The van der Waals surface area contributed by atoms with Gasteiger partial charge in [0.25, 0.3) is 0 Å². The second-order valence-electron chi connectivity index (χ2n) is 5.13. The Hall–Kier alpha value is -1.78. The zero-order valence-corrected chi connectivity index (χ0v) is 10.7. The topological polar surface area (TPSA) is 68.2 Å². The van der Waals surface area contributed by atoms with Gasteiger partial charge in [0.05, 0.1) is 11.9 Å². The van der Waals surface area contributed by atoms with Crippen LogP contribution in [0.1, 0.15) is 37.7 Å². The zero-order valence-electron chi connectivity index (χ0n) is 10.7. The Morgan fingerprint density at radius 3 is 2.89 bits per heavy atom. The fraction of sp³-hybridized carbons (Fsp3) is 0.538. The highest BCUT2D eigenvalue weighted by atomic mass is 15.3. The third-order valence-corrected chi connectivity index (χ3v) is 3.61. The Morgan fingerprint density at radius 1 is 1.33 bits per heavy atom. The molecule has 0 aromatic carbocycles. The quantitative estimate of drug-likeness (QED) is 0.852. The van der Waals surface area contributed by atoms with Gasteiger partial charge in [-0.05, 0) is 31.4 Å². The Bertz CT molecular complexity index is 554. The number of hydrogen-bond donors (Lipinski definition) is 2. The summed E-state index contributed by atoms with van der Waals surface area (Å²) in [4.78, 5) is 4.20. The lowest BCUT2D eigenvalue weighted by molar-refractivity contribution is 0.462. The van der Waals surface area contributed by atoms with E-state index in [9.17, 15) is 0 Å². The van der Waals surface area contributed by atoms with Crippen molar-refractivity contribution in [1.82, 2.24) is 14.6 Å². The van der Waals surface area contributed by atoms with Crippen LogP contribution in [-0.2, 0) is 0 Å². The zero-order chi connectivity index (χ0) is 12.5. The minimum Gasteiger partial charge on any atom is -0.381 e. The molecule has 3 N–H and O–H groups in total. The molecule has 1 saturated carbocycles. The van der Waals surface area contributed by atoms with Crippen LogP contribution < -0.4 is 11.1 Å². The van der Waals surface area contributed by atoms with Crippen molar-refractivity contribution < 1.29 is 0 Å². The van der Waals surface area contributed by atoms with Crippen molar-refractivity contribution in [2.75, 3.05) is 11.1 Å². The highest BCUT2D eigenvalue weighted by Crippen LogP contribution is 2.23. The van der Waals surface area contributed by atoms with Crippen molar-refractivity contribution >= 4 is 17.3 Å². The van der Waals surface area contributed by atoms with Crippen LogP contribution in [-0.4, -0.2) is 20.6 Å². The largest absolute Gasteiger partial charge is 0.381 e. The molecule has 18 heavy (non-hydrogen) atoms. The summed E-state index contributed by atoms with van der Waals surface area (Å²) in [5.41, 5.74) is 8.67. The molecule has 1 aliphatic carbocycles. The number of nitrogens with one attached hydrogen (secondary N) is 1. The van der Waals surface area contributed by atoms with Gasteiger partial charge in [-0.2, -0.15) is 4.98 Å². The molecule has 0 aliphatic heterocycles. The van der Waals surface area contributed by atoms with Crippen molar-refractivity contribution in [2.24, 2.45) is 0 Å². The number of fused-ring (bicyclic) bond motifs is 1.